The normalized spacial score (nSPS) is 10.3. The maximum atomic E-state index is 12.4. The summed E-state index contributed by atoms with van der Waals surface area (Å²) in [5.41, 5.74) is 3.16. The van der Waals surface area contributed by atoms with Gasteiger partial charge in [0.15, 0.2) is 0 Å². The molecule has 3 aromatic rings. The van der Waals surface area contributed by atoms with Crippen LogP contribution in [0.15, 0.2) is 72.9 Å². The Labute approximate surface area is 159 Å². The molecule has 0 spiro atoms. The largest absolute Gasteiger partial charge is 0.492 e. The molecule has 0 aliphatic heterocycles. The number of para-hydroxylation sites is 2. The maximum absolute atomic E-state index is 12.4. The van der Waals surface area contributed by atoms with Crippen molar-refractivity contribution in [1.82, 2.24) is 4.98 Å². The fraction of sp³-hybridized carbons (Fsp3) is 0.182. The Hall–Kier alpha value is -3.34. The smallest absolute Gasteiger partial charge is 0.274 e. The highest BCUT2D eigenvalue weighted by atomic mass is 16.5. The zero-order valence-corrected chi connectivity index (χ0v) is 15.3. The van der Waals surface area contributed by atoms with Crippen LogP contribution in [-0.2, 0) is 6.42 Å². The number of hydrogen-bond acceptors (Lipinski definition) is 4. The average molecular weight is 361 g/mol. The Bertz CT molecular complexity index is 864. The molecule has 138 valence electrons. The Morgan fingerprint density at radius 3 is 2.52 bits per heavy atom. The van der Waals surface area contributed by atoms with Gasteiger partial charge >= 0.3 is 0 Å². The summed E-state index contributed by atoms with van der Waals surface area (Å²) >= 11 is 0. The minimum Gasteiger partial charge on any atom is -0.492 e. The van der Waals surface area contributed by atoms with Gasteiger partial charge in [-0.15, -0.1) is 0 Å². The highest BCUT2D eigenvalue weighted by Crippen LogP contribution is 2.24. The number of benzene rings is 2. The molecule has 27 heavy (non-hydrogen) atoms. The van der Waals surface area contributed by atoms with Gasteiger partial charge in [0.2, 0.25) is 0 Å². The number of anilines is 2. The van der Waals surface area contributed by atoms with Crippen LogP contribution in [-0.4, -0.2) is 24.0 Å². The van der Waals surface area contributed by atoms with Crippen LogP contribution in [0.5, 0.6) is 5.75 Å². The van der Waals surface area contributed by atoms with Crippen LogP contribution in [0.1, 0.15) is 23.0 Å². The van der Waals surface area contributed by atoms with E-state index in [1.807, 2.05) is 55.5 Å². The van der Waals surface area contributed by atoms with Crippen molar-refractivity contribution in [3.63, 3.8) is 0 Å². The third-order valence-corrected chi connectivity index (χ3v) is 4.02. The standard InChI is InChI=1S/C22H23N3O2/c1-2-27-21-11-7-6-10-19(21)25-22(26)20-13-12-18(16-24-20)23-15-14-17-8-4-3-5-9-17/h3-13,16,23H,2,14-15H2,1H3,(H,25,26). The van der Waals surface area contributed by atoms with E-state index in [9.17, 15) is 4.79 Å². The van der Waals surface area contributed by atoms with E-state index in [-0.39, 0.29) is 5.91 Å². The van der Waals surface area contributed by atoms with E-state index in [0.29, 0.717) is 23.7 Å². The van der Waals surface area contributed by atoms with E-state index in [2.05, 4.69) is 27.8 Å². The van der Waals surface area contributed by atoms with Crippen molar-refractivity contribution < 1.29 is 9.53 Å². The summed E-state index contributed by atoms with van der Waals surface area (Å²) < 4.78 is 5.53. The van der Waals surface area contributed by atoms with Gasteiger partial charge < -0.3 is 15.4 Å². The molecule has 1 amide bonds. The number of carbonyl (C=O) groups excluding carboxylic acids is 1. The Morgan fingerprint density at radius 1 is 1.00 bits per heavy atom. The minimum atomic E-state index is -0.266. The summed E-state index contributed by atoms with van der Waals surface area (Å²) in [6.45, 7) is 3.25. The lowest BCUT2D eigenvalue weighted by atomic mass is 10.1. The summed E-state index contributed by atoms with van der Waals surface area (Å²) in [6, 6.07) is 21.2. The van der Waals surface area contributed by atoms with E-state index in [4.69, 9.17) is 4.74 Å². The first-order valence-electron chi connectivity index (χ1n) is 9.03. The molecule has 1 heterocycles. The molecule has 0 saturated carbocycles. The number of aromatic nitrogens is 1. The molecular formula is C22H23N3O2. The van der Waals surface area contributed by atoms with Gasteiger partial charge in [-0.3, -0.25) is 4.79 Å². The van der Waals surface area contributed by atoms with Crippen LogP contribution in [0.3, 0.4) is 0 Å². The van der Waals surface area contributed by atoms with E-state index in [0.717, 1.165) is 18.7 Å². The zero-order valence-electron chi connectivity index (χ0n) is 15.3. The second kappa shape index (κ2) is 9.38. The van der Waals surface area contributed by atoms with Crippen molar-refractivity contribution in [2.24, 2.45) is 0 Å². The van der Waals surface area contributed by atoms with Crippen molar-refractivity contribution >= 4 is 17.3 Å². The number of nitrogens with zero attached hydrogens (tertiary/aromatic N) is 1. The molecule has 5 nitrogen and oxygen atoms in total. The number of hydrogen-bond donors (Lipinski definition) is 2. The Kier molecular flexibility index (Phi) is 6.41. The molecular weight excluding hydrogens is 338 g/mol. The van der Waals surface area contributed by atoms with Gasteiger partial charge in [0.1, 0.15) is 11.4 Å². The first kappa shape index (κ1) is 18.5. The van der Waals surface area contributed by atoms with Gasteiger partial charge in [0.25, 0.3) is 5.91 Å². The lowest BCUT2D eigenvalue weighted by molar-refractivity contribution is 0.102. The van der Waals surface area contributed by atoms with Crippen molar-refractivity contribution in [3.05, 3.63) is 84.2 Å². The molecule has 3 rings (SSSR count). The average Bonchev–Trinajstić information content (AvgIpc) is 2.71. The van der Waals surface area contributed by atoms with E-state index in [1.54, 1.807) is 12.3 Å². The second-order valence-electron chi connectivity index (χ2n) is 5.98. The lowest BCUT2D eigenvalue weighted by Crippen LogP contribution is -2.15. The topological polar surface area (TPSA) is 63.2 Å². The molecule has 2 N–H and O–H groups in total. The summed E-state index contributed by atoms with van der Waals surface area (Å²) in [5, 5.41) is 6.17. The van der Waals surface area contributed by atoms with Gasteiger partial charge in [0, 0.05) is 6.54 Å². The number of ether oxygens (including phenoxy) is 1. The fourth-order valence-corrected chi connectivity index (χ4v) is 2.67. The van der Waals surface area contributed by atoms with Crippen molar-refractivity contribution in [1.29, 1.82) is 0 Å². The lowest BCUT2D eigenvalue weighted by Gasteiger charge is -2.11. The molecule has 0 atom stereocenters. The molecule has 0 unspecified atom stereocenters. The van der Waals surface area contributed by atoms with Crippen molar-refractivity contribution in [3.8, 4) is 5.75 Å². The number of nitrogens with one attached hydrogen (secondary N) is 2. The molecule has 0 aliphatic rings. The molecule has 0 fully saturated rings. The minimum absolute atomic E-state index is 0.266. The highest BCUT2D eigenvalue weighted by molar-refractivity contribution is 6.03. The van der Waals surface area contributed by atoms with Gasteiger partial charge in [-0.05, 0) is 43.2 Å². The highest BCUT2D eigenvalue weighted by Gasteiger charge is 2.10. The van der Waals surface area contributed by atoms with Crippen LogP contribution in [0.25, 0.3) is 0 Å². The number of rotatable bonds is 8. The molecule has 5 heteroatoms. The zero-order chi connectivity index (χ0) is 18.9. The van der Waals surface area contributed by atoms with Crippen LogP contribution < -0.4 is 15.4 Å². The van der Waals surface area contributed by atoms with Gasteiger partial charge in [0.05, 0.1) is 24.2 Å². The van der Waals surface area contributed by atoms with E-state index >= 15 is 0 Å². The van der Waals surface area contributed by atoms with Crippen LogP contribution in [0, 0.1) is 0 Å². The van der Waals surface area contributed by atoms with Crippen molar-refractivity contribution in [2.75, 3.05) is 23.8 Å². The predicted molar refractivity (Wildman–Crippen MR) is 108 cm³/mol. The van der Waals surface area contributed by atoms with Gasteiger partial charge in [-0.25, -0.2) is 4.98 Å². The molecule has 2 aromatic carbocycles. The summed E-state index contributed by atoms with van der Waals surface area (Å²) in [5.74, 6) is 0.380. The predicted octanol–water partition coefficient (Wildman–Crippen LogP) is 4.39. The fourth-order valence-electron chi connectivity index (χ4n) is 2.67. The quantitative estimate of drug-likeness (QED) is 0.625. The van der Waals surface area contributed by atoms with Crippen LogP contribution >= 0.6 is 0 Å². The number of carbonyl (C=O) groups is 1. The molecule has 0 saturated heterocycles. The third-order valence-electron chi connectivity index (χ3n) is 4.02. The number of amides is 1. The SMILES string of the molecule is CCOc1ccccc1NC(=O)c1ccc(NCCc2ccccc2)cn1. The first-order valence-corrected chi connectivity index (χ1v) is 9.03. The third kappa shape index (κ3) is 5.31. The van der Waals surface area contributed by atoms with Crippen molar-refractivity contribution in [2.45, 2.75) is 13.3 Å². The van der Waals surface area contributed by atoms with Gasteiger partial charge in [-0.1, -0.05) is 42.5 Å². The molecule has 0 radical (unpaired) electrons. The molecule has 0 bridgehead atoms. The maximum Gasteiger partial charge on any atom is 0.274 e. The number of pyridine rings is 1. The Balaban J connectivity index is 1.56. The summed E-state index contributed by atoms with van der Waals surface area (Å²) in [7, 11) is 0. The summed E-state index contributed by atoms with van der Waals surface area (Å²) in [4.78, 5) is 16.7. The van der Waals surface area contributed by atoms with E-state index in [1.165, 1.54) is 5.56 Å². The second-order valence-corrected chi connectivity index (χ2v) is 5.98. The molecule has 0 aliphatic carbocycles. The first-order chi connectivity index (χ1) is 13.3. The monoisotopic (exact) mass is 361 g/mol. The molecule has 1 aromatic heterocycles. The Morgan fingerprint density at radius 2 is 1.78 bits per heavy atom. The van der Waals surface area contributed by atoms with Crippen LogP contribution in [0.4, 0.5) is 11.4 Å². The van der Waals surface area contributed by atoms with Crippen LogP contribution in [0.2, 0.25) is 0 Å². The van der Waals surface area contributed by atoms with E-state index < -0.39 is 0 Å². The summed E-state index contributed by atoms with van der Waals surface area (Å²) in [6.07, 6.45) is 2.60. The van der Waals surface area contributed by atoms with Gasteiger partial charge in [-0.2, -0.15) is 0 Å².